The Hall–Kier alpha value is -2.33. The molecule has 1 fully saturated rings. The van der Waals surface area contributed by atoms with E-state index in [0.29, 0.717) is 42.1 Å². The molecule has 1 unspecified atom stereocenters. The van der Waals surface area contributed by atoms with Gasteiger partial charge in [-0.25, -0.2) is 4.68 Å². The molecule has 26 heavy (non-hydrogen) atoms. The number of aromatic nitrogens is 4. The SMILES string of the molecule is O=C(CSc1nnnn1CC1CCCO1)Nc1ccc2c(c1)OCCO2. The summed E-state index contributed by atoms with van der Waals surface area (Å²) in [5.74, 6) is 1.40. The monoisotopic (exact) mass is 377 g/mol. The van der Waals surface area contributed by atoms with E-state index in [1.807, 2.05) is 0 Å². The van der Waals surface area contributed by atoms with E-state index >= 15 is 0 Å². The molecule has 1 saturated heterocycles. The van der Waals surface area contributed by atoms with Gasteiger partial charge in [-0.05, 0) is 35.4 Å². The van der Waals surface area contributed by atoms with Crippen LogP contribution in [0, 0.1) is 0 Å². The molecule has 0 spiro atoms. The van der Waals surface area contributed by atoms with Crippen LogP contribution in [0.4, 0.5) is 5.69 Å². The number of benzene rings is 1. The Balaban J connectivity index is 1.31. The van der Waals surface area contributed by atoms with Crippen LogP contribution >= 0.6 is 11.8 Å². The quantitative estimate of drug-likeness (QED) is 0.753. The van der Waals surface area contributed by atoms with Crippen LogP contribution in [0.2, 0.25) is 0 Å². The summed E-state index contributed by atoms with van der Waals surface area (Å²) in [6.45, 7) is 2.44. The van der Waals surface area contributed by atoms with Gasteiger partial charge in [-0.15, -0.1) is 5.10 Å². The number of anilines is 1. The molecule has 2 aliphatic heterocycles. The Kier molecular flexibility index (Phi) is 5.21. The van der Waals surface area contributed by atoms with Gasteiger partial charge in [0.15, 0.2) is 11.5 Å². The summed E-state index contributed by atoms with van der Waals surface area (Å²) < 4.78 is 18.3. The van der Waals surface area contributed by atoms with Crippen molar-refractivity contribution < 1.29 is 19.0 Å². The number of carbonyl (C=O) groups excluding carboxylic acids is 1. The van der Waals surface area contributed by atoms with Crippen LogP contribution in [0.3, 0.4) is 0 Å². The summed E-state index contributed by atoms with van der Waals surface area (Å²) in [7, 11) is 0. The first-order valence-corrected chi connectivity index (χ1v) is 9.46. The lowest BCUT2D eigenvalue weighted by molar-refractivity contribution is -0.113. The highest BCUT2D eigenvalue weighted by Gasteiger charge is 2.19. The molecule has 0 saturated carbocycles. The standard InChI is InChI=1S/C16H19N5O4S/c22-15(17-11-3-4-13-14(8-11)25-7-6-24-13)10-26-16-18-19-20-21(16)9-12-2-1-5-23-12/h3-4,8,12H,1-2,5-7,9-10H2,(H,17,22). The number of tetrazole rings is 1. The van der Waals surface area contributed by atoms with Crippen molar-refractivity contribution in [2.75, 3.05) is 30.9 Å². The van der Waals surface area contributed by atoms with E-state index in [0.717, 1.165) is 19.4 Å². The highest BCUT2D eigenvalue weighted by molar-refractivity contribution is 7.99. The lowest BCUT2D eigenvalue weighted by atomic mass is 10.2. The molecular formula is C16H19N5O4S. The second-order valence-corrected chi connectivity index (χ2v) is 6.92. The number of rotatable bonds is 6. The third-order valence-corrected chi connectivity index (χ3v) is 5.02. The van der Waals surface area contributed by atoms with E-state index in [4.69, 9.17) is 14.2 Å². The summed E-state index contributed by atoms with van der Waals surface area (Å²) in [5.41, 5.74) is 0.666. The van der Waals surface area contributed by atoms with Gasteiger partial charge in [0.05, 0.1) is 18.4 Å². The molecule has 0 bridgehead atoms. The molecule has 1 aromatic carbocycles. The van der Waals surface area contributed by atoms with Gasteiger partial charge < -0.3 is 19.5 Å². The molecule has 1 N–H and O–H groups in total. The van der Waals surface area contributed by atoms with Gasteiger partial charge in [-0.3, -0.25) is 4.79 Å². The maximum atomic E-state index is 12.2. The van der Waals surface area contributed by atoms with E-state index in [2.05, 4.69) is 20.8 Å². The third-order valence-electron chi connectivity index (χ3n) is 4.06. The number of nitrogens with one attached hydrogen (secondary N) is 1. The summed E-state index contributed by atoms with van der Waals surface area (Å²) in [5, 5.41) is 15.1. The van der Waals surface area contributed by atoms with Crippen molar-refractivity contribution in [3.8, 4) is 11.5 Å². The summed E-state index contributed by atoms with van der Waals surface area (Å²) in [4.78, 5) is 12.2. The highest BCUT2D eigenvalue weighted by atomic mass is 32.2. The predicted molar refractivity (Wildman–Crippen MR) is 93.6 cm³/mol. The fourth-order valence-electron chi connectivity index (χ4n) is 2.84. The molecule has 0 radical (unpaired) electrons. The lowest BCUT2D eigenvalue weighted by Crippen LogP contribution is -2.18. The fraction of sp³-hybridized carbons (Fsp3) is 0.500. The zero-order chi connectivity index (χ0) is 17.8. The van der Waals surface area contributed by atoms with Gasteiger partial charge in [0, 0.05) is 18.4 Å². The second kappa shape index (κ2) is 7.92. The third kappa shape index (κ3) is 4.07. The van der Waals surface area contributed by atoms with Gasteiger partial charge in [0.25, 0.3) is 0 Å². The van der Waals surface area contributed by atoms with Crippen LogP contribution < -0.4 is 14.8 Å². The number of hydrogen-bond acceptors (Lipinski definition) is 8. The zero-order valence-electron chi connectivity index (χ0n) is 14.1. The molecule has 1 atom stereocenters. The van der Waals surface area contributed by atoms with Crippen LogP contribution in [-0.2, 0) is 16.1 Å². The predicted octanol–water partition coefficient (Wildman–Crippen LogP) is 1.35. The molecule has 9 nitrogen and oxygen atoms in total. The van der Waals surface area contributed by atoms with Crippen molar-refractivity contribution >= 4 is 23.4 Å². The van der Waals surface area contributed by atoms with Gasteiger partial charge in [-0.1, -0.05) is 11.8 Å². The van der Waals surface area contributed by atoms with E-state index in [-0.39, 0.29) is 17.8 Å². The van der Waals surface area contributed by atoms with E-state index < -0.39 is 0 Å². The topological polar surface area (TPSA) is 100 Å². The van der Waals surface area contributed by atoms with Gasteiger partial charge in [0.1, 0.15) is 13.2 Å². The summed E-state index contributed by atoms with van der Waals surface area (Å²) in [6.07, 6.45) is 2.21. The average Bonchev–Trinajstić information content (AvgIpc) is 3.32. The Morgan fingerprint density at radius 2 is 2.15 bits per heavy atom. The molecule has 3 heterocycles. The first-order valence-electron chi connectivity index (χ1n) is 8.48. The first kappa shape index (κ1) is 17.1. The zero-order valence-corrected chi connectivity index (χ0v) is 14.9. The maximum Gasteiger partial charge on any atom is 0.234 e. The summed E-state index contributed by atoms with van der Waals surface area (Å²) >= 11 is 1.30. The minimum absolute atomic E-state index is 0.140. The minimum atomic E-state index is -0.140. The van der Waals surface area contributed by atoms with Crippen molar-refractivity contribution in [1.82, 2.24) is 20.2 Å². The number of hydrogen-bond donors (Lipinski definition) is 1. The van der Waals surface area contributed by atoms with E-state index in [9.17, 15) is 4.79 Å². The number of carbonyl (C=O) groups is 1. The average molecular weight is 377 g/mol. The van der Waals surface area contributed by atoms with Crippen LogP contribution in [0.5, 0.6) is 11.5 Å². The Morgan fingerprint density at radius 3 is 3.00 bits per heavy atom. The first-order chi connectivity index (χ1) is 12.8. The van der Waals surface area contributed by atoms with E-state index in [1.54, 1.807) is 22.9 Å². The molecule has 1 amide bonds. The highest BCUT2D eigenvalue weighted by Crippen LogP contribution is 2.32. The van der Waals surface area contributed by atoms with Gasteiger partial charge in [-0.2, -0.15) is 0 Å². The van der Waals surface area contributed by atoms with Crippen LogP contribution in [0.15, 0.2) is 23.4 Å². The van der Waals surface area contributed by atoms with Crippen molar-refractivity contribution in [3.63, 3.8) is 0 Å². The van der Waals surface area contributed by atoms with Crippen molar-refractivity contribution in [3.05, 3.63) is 18.2 Å². The number of nitrogens with zero attached hydrogens (tertiary/aromatic N) is 4. The van der Waals surface area contributed by atoms with E-state index in [1.165, 1.54) is 11.8 Å². The van der Waals surface area contributed by atoms with Crippen LogP contribution in [0.1, 0.15) is 12.8 Å². The Labute approximate surface area is 154 Å². The molecule has 0 aliphatic carbocycles. The number of thioether (sulfide) groups is 1. The Morgan fingerprint density at radius 1 is 1.27 bits per heavy atom. The number of amides is 1. The number of fused-ring (bicyclic) bond motifs is 1. The van der Waals surface area contributed by atoms with Crippen molar-refractivity contribution in [1.29, 1.82) is 0 Å². The maximum absolute atomic E-state index is 12.2. The molecule has 4 rings (SSSR count). The molecular weight excluding hydrogens is 358 g/mol. The molecule has 2 aliphatic rings. The number of ether oxygens (including phenoxy) is 3. The Bertz CT molecular complexity index is 778. The van der Waals surface area contributed by atoms with Crippen molar-refractivity contribution in [2.24, 2.45) is 0 Å². The lowest BCUT2D eigenvalue weighted by Gasteiger charge is -2.19. The minimum Gasteiger partial charge on any atom is -0.486 e. The van der Waals surface area contributed by atoms with Gasteiger partial charge >= 0.3 is 0 Å². The summed E-state index contributed by atoms with van der Waals surface area (Å²) in [6, 6.07) is 5.34. The van der Waals surface area contributed by atoms with Crippen LogP contribution in [0.25, 0.3) is 0 Å². The normalized spacial score (nSPS) is 18.7. The van der Waals surface area contributed by atoms with Crippen molar-refractivity contribution in [2.45, 2.75) is 30.6 Å². The molecule has 1 aromatic heterocycles. The molecule has 2 aromatic rings. The molecule has 10 heteroatoms. The largest absolute Gasteiger partial charge is 0.486 e. The van der Waals surface area contributed by atoms with Crippen LogP contribution in [-0.4, -0.2) is 57.8 Å². The second-order valence-electron chi connectivity index (χ2n) is 5.97. The fourth-order valence-corrected chi connectivity index (χ4v) is 3.53. The smallest absolute Gasteiger partial charge is 0.234 e. The van der Waals surface area contributed by atoms with Gasteiger partial charge in [0.2, 0.25) is 11.1 Å². The molecule has 138 valence electrons.